The van der Waals surface area contributed by atoms with E-state index in [4.69, 9.17) is 11.6 Å². The molecule has 1 N–H and O–H groups in total. The van der Waals surface area contributed by atoms with Crippen LogP contribution in [0.1, 0.15) is 14.5 Å². The average Bonchev–Trinajstić information content (AvgIpc) is 2.94. The lowest BCUT2D eigenvalue weighted by molar-refractivity contribution is 0.0606. The molecular formula is C9H8ClN3O2S2. The van der Waals surface area contributed by atoms with Crippen LogP contribution < -0.4 is 5.32 Å². The molecule has 0 radical (unpaired) electrons. The summed E-state index contributed by atoms with van der Waals surface area (Å²) >= 11 is 8.54. The van der Waals surface area contributed by atoms with Gasteiger partial charge in [-0.2, -0.15) is 0 Å². The van der Waals surface area contributed by atoms with Crippen LogP contribution in [0.4, 0.5) is 5.13 Å². The fraction of sp³-hybridized carbons (Fsp3) is 0.222. The first-order valence-electron chi connectivity index (χ1n) is 4.56. The molecule has 0 saturated heterocycles. The van der Waals surface area contributed by atoms with Crippen molar-refractivity contribution >= 4 is 45.4 Å². The molecule has 0 aromatic carbocycles. The number of rotatable bonds is 4. The Kier molecular flexibility index (Phi) is 3.93. The first-order valence-corrected chi connectivity index (χ1v) is 6.64. The lowest BCUT2D eigenvalue weighted by Gasteiger charge is -1.97. The predicted molar refractivity (Wildman–Crippen MR) is 67.9 cm³/mol. The number of esters is 1. The molecule has 0 aliphatic rings. The average molecular weight is 290 g/mol. The van der Waals surface area contributed by atoms with E-state index < -0.39 is 5.97 Å². The topological polar surface area (TPSA) is 64.1 Å². The summed E-state index contributed by atoms with van der Waals surface area (Å²) in [7, 11) is 1.31. The van der Waals surface area contributed by atoms with Crippen molar-refractivity contribution in [3.8, 4) is 0 Å². The number of methoxy groups -OCH3 is 1. The van der Waals surface area contributed by atoms with Gasteiger partial charge in [-0.05, 0) is 0 Å². The van der Waals surface area contributed by atoms with Crippen molar-refractivity contribution in [1.29, 1.82) is 0 Å². The Morgan fingerprint density at radius 1 is 1.65 bits per heavy atom. The zero-order valence-electron chi connectivity index (χ0n) is 8.77. The second-order valence-corrected chi connectivity index (χ2v) is 5.28. The summed E-state index contributed by atoms with van der Waals surface area (Å²) in [5, 5.41) is 3.82. The Balaban J connectivity index is 2.05. The molecule has 2 aromatic rings. The number of thiazole rings is 2. The monoisotopic (exact) mass is 289 g/mol. The highest BCUT2D eigenvalue weighted by Gasteiger charge is 2.17. The number of anilines is 1. The van der Waals surface area contributed by atoms with E-state index in [0.29, 0.717) is 16.6 Å². The quantitative estimate of drug-likeness (QED) is 0.877. The highest BCUT2D eigenvalue weighted by molar-refractivity contribution is 7.18. The van der Waals surface area contributed by atoms with Crippen LogP contribution in [0.15, 0.2) is 11.7 Å². The number of aromatic nitrogens is 2. The number of halogens is 1. The van der Waals surface area contributed by atoms with Crippen molar-refractivity contribution in [2.24, 2.45) is 0 Å². The predicted octanol–water partition coefficient (Wildman–Crippen LogP) is 2.65. The molecule has 0 atom stereocenters. The van der Waals surface area contributed by atoms with Crippen molar-refractivity contribution in [2.75, 3.05) is 12.4 Å². The molecule has 0 amide bonds. The number of hydrogen-bond donors (Lipinski definition) is 1. The van der Waals surface area contributed by atoms with Crippen LogP contribution in [-0.4, -0.2) is 23.0 Å². The van der Waals surface area contributed by atoms with E-state index in [1.165, 1.54) is 18.4 Å². The molecule has 0 aliphatic heterocycles. The number of ether oxygens (including phenoxy) is 1. The van der Waals surface area contributed by atoms with Crippen LogP contribution in [0, 0.1) is 0 Å². The Bertz CT molecular complexity index is 512. The third-order valence-corrected chi connectivity index (χ3v) is 4.01. The first kappa shape index (κ1) is 12.3. The van der Waals surface area contributed by atoms with Gasteiger partial charge in [-0.15, -0.1) is 11.3 Å². The molecule has 2 aromatic heterocycles. The Morgan fingerprint density at radius 3 is 3.12 bits per heavy atom. The van der Waals surface area contributed by atoms with E-state index in [9.17, 15) is 4.79 Å². The number of nitrogens with zero attached hydrogens (tertiary/aromatic N) is 2. The SMILES string of the molecule is COC(=O)c1sc(NCc2cncs2)nc1Cl. The van der Waals surface area contributed by atoms with Gasteiger partial charge in [0.1, 0.15) is 0 Å². The third-order valence-electron chi connectivity index (χ3n) is 1.85. The molecule has 0 spiro atoms. The fourth-order valence-electron chi connectivity index (χ4n) is 1.09. The van der Waals surface area contributed by atoms with Gasteiger partial charge in [-0.25, -0.2) is 9.78 Å². The molecular weight excluding hydrogens is 282 g/mol. The van der Waals surface area contributed by atoms with Crippen LogP contribution in [0.25, 0.3) is 0 Å². The summed E-state index contributed by atoms with van der Waals surface area (Å²) in [6.07, 6.45) is 1.77. The van der Waals surface area contributed by atoms with E-state index in [-0.39, 0.29) is 5.15 Å². The molecule has 2 heterocycles. The largest absolute Gasteiger partial charge is 0.465 e. The summed E-state index contributed by atoms with van der Waals surface area (Å²) in [4.78, 5) is 20.7. The minimum absolute atomic E-state index is 0.161. The van der Waals surface area contributed by atoms with E-state index in [2.05, 4.69) is 20.0 Å². The van der Waals surface area contributed by atoms with Gasteiger partial charge in [0.05, 0.1) is 19.2 Å². The Hall–Kier alpha value is -1.18. The zero-order chi connectivity index (χ0) is 12.3. The van der Waals surface area contributed by atoms with E-state index in [0.717, 1.165) is 4.88 Å². The van der Waals surface area contributed by atoms with Gasteiger partial charge in [0.15, 0.2) is 15.2 Å². The van der Waals surface area contributed by atoms with Crippen molar-refractivity contribution in [2.45, 2.75) is 6.54 Å². The third kappa shape index (κ3) is 2.93. The van der Waals surface area contributed by atoms with Crippen molar-refractivity contribution < 1.29 is 9.53 Å². The Morgan fingerprint density at radius 2 is 2.47 bits per heavy atom. The molecule has 0 unspecified atom stereocenters. The van der Waals surface area contributed by atoms with E-state index in [1.807, 2.05) is 0 Å². The summed E-state index contributed by atoms with van der Waals surface area (Å²) in [5.74, 6) is -0.474. The van der Waals surface area contributed by atoms with Crippen LogP contribution in [-0.2, 0) is 11.3 Å². The number of carbonyl (C=O) groups excluding carboxylic acids is 1. The second kappa shape index (κ2) is 5.44. The molecule has 0 bridgehead atoms. The zero-order valence-corrected chi connectivity index (χ0v) is 11.2. The number of carbonyl (C=O) groups is 1. The lowest BCUT2D eigenvalue weighted by Crippen LogP contribution is -1.98. The minimum Gasteiger partial charge on any atom is -0.465 e. The van der Waals surface area contributed by atoms with Gasteiger partial charge in [0.2, 0.25) is 0 Å². The Labute approximate surface area is 110 Å². The van der Waals surface area contributed by atoms with Gasteiger partial charge in [0, 0.05) is 11.1 Å². The molecule has 5 nitrogen and oxygen atoms in total. The van der Waals surface area contributed by atoms with Gasteiger partial charge >= 0.3 is 5.97 Å². The second-order valence-electron chi connectivity index (χ2n) is 2.95. The number of hydrogen-bond acceptors (Lipinski definition) is 7. The van der Waals surface area contributed by atoms with Gasteiger partial charge in [-0.1, -0.05) is 22.9 Å². The minimum atomic E-state index is -0.474. The van der Waals surface area contributed by atoms with Gasteiger partial charge in [0.25, 0.3) is 0 Å². The van der Waals surface area contributed by atoms with Gasteiger partial charge < -0.3 is 10.1 Å². The summed E-state index contributed by atoms with van der Waals surface area (Å²) < 4.78 is 4.59. The molecule has 0 saturated carbocycles. The maximum atomic E-state index is 11.3. The number of nitrogens with one attached hydrogen (secondary N) is 1. The van der Waals surface area contributed by atoms with Crippen molar-refractivity contribution in [3.05, 3.63) is 26.6 Å². The van der Waals surface area contributed by atoms with Crippen LogP contribution in [0.5, 0.6) is 0 Å². The van der Waals surface area contributed by atoms with Crippen LogP contribution in [0.3, 0.4) is 0 Å². The van der Waals surface area contributed by atoms with E-state index in [1.54, 1.807) is 23.0 Å². The van der Waals surface area contributed by atoms with E-state index >= 15 is 0 Å². The maximum Gasteiger partial charge on any atom is 0.351 e. The standard InChI is InChI=1S/C9H8ClN3O2S2/c1-15-8(14)6-7(10)13-9(17-6)12-3-5-2-11-4-16-5/h2,4H,3H2,1H3,(H,12,13). The normalized spacial score (nSPS) is 10.2. The van der Waals surface area contributed by atoms with Crippen LogP contribution >= 0.6 is 34.3 Å². The van der Waals surface area contributed by atoms with Crippen molar-refractivity contribution in [1.82, 2.24) is 9.97 Å². The molecule has 0 fully saturated rings. The highest BCUT2D eigenvalue weighted by atomic mass is 35.5. The first-order chi connectivity index (χ1) is 8.20. The summed E-state index contributed by atoms with van der Waals surface area (Å²) in [6, 6.07) is 0. The molecule has 8 heteroatoms. The van der Waals surface area contributed by atoms with Crippen LogP contribution in [0.2, 0.25) is 5.15 Å². The van der Waals surface area contributed by atoms with Crippen molar-refractivity contribution in [3.63, 3.8) is 0 Å². The lowest BCUT2D eigenvalue weighted by atomic mass is 10.5. The smallest absolute Gasteiger partial charge is 0.351 e. The summed E-state index contributed by atoms with van der Waals surface area (Å²) in [5.41, 5.74) is 1.76. The molecule has 90 valence electrons. The van der Waals surface area contributed by atoms with Gasteiger partial charge in [-0.3, -0.25) is 4.98 Å². The summed E-state index contributed by atoms with van der Waals surface area (Å²) in [6.45, 7) is 0.606. The molecule has 2 rings (SSSR count). The molecule has 17 heavy (non-hydrogen) atoms. The highest BCUT2D eigenvalue weighted by Crippen LogP contribution is 2.27. The maximum absolute atomic E-state index is 11.3. The fourth-order valence-corrected chi connectivity index (χ4v) is 2.72. The molecule has 0 aliphatic carbocycles.